The lowest BCUT2D eigenvalue weighted by Crippen LogP contribution is -2.39. The second-order valence-electron chi connectivity index (χ2n) is 7.84. The average molecular weight is 641 g/mol. The van der Waals surface area contributed by atoms with Crippen molar-refractivity contribution in [3.63, 3.8) is 0 Å². The Morgan fingerprint density at radius 1 is 1.06 bits per heavy atom. The number of halogens is 9. The molecule has 0 aliphatic rings. The topological polar surface area (TPSA) is 63.2 Å². The normalized spacial score (nSPS) is 14.6. The first kappa shape index (κ1) is 30.5. The summed E-state index contributed by atoms with van der Waals surface area (Å²) in [5.74, 6) is -5.71. The fourth-order valence-electron chi connectivity index (χ4n) is 3.17. The molecule has 14 heteroatoms. The highest BCUT2D eigenvalue weighted by Crippen LogP contribution is 2.38. The van der Waals surface area contributed by atoms with Gasteiger partial charge >= 0.3 is 12.4 Å². The van der Waals surface area contributed by atoms with Crippen LogP contribution in [0.2, 0.25) is 10.0 Å². The van der Waals surface area contributed by atoms with Gasteiger partial charge in [-0.3, -0.25) is 4.79 Å². The van der Waals surface area contributed by atoms with E-state index in [4.69, 9.17) is 23.2 Å². The van der Waals surface area contributed by atoms with Crippen LogP contribution in [0.25, 0.3) is 6.08 Å². The summed E-state index contributed by atoms with van der Waals surface area (Å²) < 4.78 is 101. The fourth-order valence-corrected chi connectivity index (χ4v) is 5.52. The van der Waals surface area contributed by atoms with Gasteiger partial charge in [0.15, 0.2) is 9.84 Å². The Labute approximate surface area is 221 Å². The molecule has 2 aromatic rings. The minimum atomic E-state index is -4.90. The highest BCUT2D eigenvalue weighted by Gasteiger charge is 2.39. The molecule has 0 saturated carbocycles. The minimum absolute atomic E-state index is 0.00377. The number of nitrogens with one attached hydrogen (secondary N) is 1. The monoisotopic (exact) mass is 639 g/mol. The van der Waals surface area contributed by atoms with Crippen molar-refractivity contribution in [2.45, 2.75) is 31.2 Å². The van der Waals surface area contributed by atoms with Crippen LogP contribution in [0.5, 0.6) is 0 Å². The highest BCUT2D eigenvalue weighted by atomic mass is 79.9. The van der Waals surface area contributed by atoms with E-state index in [9.17, 15) is 39.6 Å². The number of allylic oxidation sites excluding steroid dienone is 1. The van der Waals surface area contributed by atoms with E-state index < -0.39 is 51.6 Å². The Balaban J connectivity index is 2.17. The Hall–Kier alpha value is -1.76. The second-order valence-corrected chi connectivity index (χ2v) is 11.6. The van der Waals surface area contributed by atoms with E-state index in [2.05, 4.69) is 21.2 Å². The van der Waals surface area contributed by atoms with Crippen LogP contribution in [0.15, 0.2) is 46.9 Å². The predicted octanol–water partition coefficient (Wildman–Crippen LogP) is 7.21. The molecule has 198 valence electrons. The van der Waals surface area contributed by atoms with Crippen molar-refractivity contribution in [1.29, 1.82) is 0 Å². The van der Waals surface area contributed by atoms with Crippen molar-refractivity contribution in [3.05, 3.63) is 73.7 Å². The average Bonchev–Trinajstić information content (AvgIpc) is 2.67. The van der Waals surface area contributed by atoms with E-state index in [1.807, 2.05) is 0 Å². The number of rotatable bonds is 8. The molecule has 2 rings (SSSR count). The lowest BCUT2D eigenvalue weighted by molar-refractivity contribution is -0.139. The van der Waals surface area contributed by atoms with Gasteiger partial charge in [0, 0.05) is 10.5 Å². The van der Waals surface area contributed by atoms with Crippen molar-refractivity contribution in [1.82, 2.24) is 5.32 Å². The number of hydrogen-bond acceptors (Lipinski definition) is 3. The lowest BCUT2D eigenvalue weighted by Gasteiger charge is -2.18. The summed E-state index contributed by atoms with van der Waals surface area (Å²) in [6.07, 6.45) is -7.43. The molecule has 0 heterocycles. The third-order valence-electron chi connectivity index (χ3n) is 4.64. The molecule has 1 N–H and O–H groups in total. The molecule has 0 aromatic heterocycles. The summed E-state index contributed by atoms with van der Waals surface area (Å²) >= 11 is 14.7. The van der Waals surface area contributed by atoms with E-state index in [0.717, 1.165) is 12.1 Å². The Kier molecular flexibility index (Phi) is 9.94. The molecular formula is C22H18BrCl2F6NO3S. The molecule has 2 aromatic carbocycles. The first-order valence-electron chi connectivity index (χ1n) is 9.95. The minimum Gasteiger partial charge on any atom is -0.349 e. The molecule has 1 unspecified atom stereocenters. The number of carbonyl (C=O) groups is 1. The summed E-state index contributed by atoms with van der Waals surface area (Å²) in [6.45, 7) is 1.23. The number of hydrogen-bond donors (Lipinski definition) is 1. The standard InChI is InChI=1S/C22H18BrCl2F6NO3S/c1-12(10-36(34,35)11-21(26,27)28)32-20(33)15-5-2-13(8-17(15)23)3-6-16(22(29,30)31)14-4-7-18(24)19(25)9-14/h2-9,12,16H,10-11H2,1H3,(H,32,33)/b6-3+/t12-,16?/m1/s1. The van der Waals surface area contributed by atoms with Crippen LogP contribution < -0.4 is 5.32 Å². The van der Waals surface area contributed by atoms with Crippen LogP contribution in [0.3, 0.4) is 0 Å². The van der Waals surface area contributed by atoms with E-state index in [0.29, 0.717) is 5.56 Å². The Bertz CT molecular complexity index is 1250. The molecule has 36 heavy (non-hydrogen) atoms. The van der Waals surface area contributed by atoms with Gasteiger partial charge in [0.1, 0.15) is 5.75 Å². The summed E-state index contributed by atoms with van der Waals surface area (Å²) in [5.41, 5.74) is 0.176. The largest absolute Gasteiger partial charge is 0.402 e. The number of benzene rings is 2. The van der Waals surface area contributed by atoms with Crippen LogP contribution in [-0.2, 0) is 9.84 Å². The van der Waals surface area contributed by atoms with Gasteiger partial charge in [-0.25, -0.2) is 8.42 Å². The van der Waals surface area contributed by atoms with E-state index in [1.165, 1.54) is 43.3 Å². The van der Waals surface area contributed by atoms with Crippen molar-refractivity contribution in [2.75, 3.05) is 11.5 Å². The van der Waals surface area contributed by atoms with Gasteiger partial charge in [-0.1, -0.05) is 47.5 Å². The number of carbonyl (C=O) groups excluding carboxylic acids is 1. The van der Waals surface area contributed by atoms with Crippen LogP contribution in [0.4, 0.5) is 26.3 Å². The summed E-state index contributed by atoms with van der Waals surface area (Å²) in [5, 5.41) is 2.37. The van der Waals surface area contributed by atoms with Gasteiger partial charge in [0.05, 0.1) is 27.3 Å². The molecule has 0 radical (unpaired) electrons. The SMILES string of the molecule is C[C@H](CS(=O)(=O)CC(F)(F)F)NC(=O)c1ccc(/C=C/C(c2ccc(Cl)c(Cl)c2)C(F)(F)F)cc1Br. The van der Waals surface area contributed by atoms with E-state index >= 15 is 0 Å². The molecular weight excluding hydrogens is 623 g/mol. The van der Waals surface area contributed by atoms with Gasteiger partial charge in [0.25, 0.3) is 5.91 Å². The van der Waals surface area contributed by atoms with Gasteiger partial charge in [-0.15, -0.1) is 0 Å². The maximum Gasteiger partial charge on any atom is 0.402 e. The van der Waals surface area contributed by atoms with Crippen molar-refractivity contribution < 1.29 is 39.6 Å². The number of alkyl halides is 6. The molecule has 0 bridgehead atoms. The molecule has 0 fully saturated rings. The number of amides is 1. The predicted molar refractivity (Wildman–Crippen MR) is 130 cm³/mol. The Morgan fingerprint density at radius 2 is 1.69 bits per heavy atom. The van der Waals surface area contributed by atoms with Crippen LogP contribution in [0, 0.1) is 0 Å². The van der Waals surface area contributed by atoms with Gasteiger partial charge in [-0.05, 0) is 58.2 Å². The van der Waals surface area contributed by atoms with E-state index in [-0.39, 0.29) is 25.6 Å². The molecule has 1 amide bonds. The van der Waals surface area contributed by atoms with Gasteiger partial charge < -0.3 is 5.32 Å². The van der Waals surface area contributed by atoms with Crippen molar-refractivity contribution in [3.8, 4) is 0 Å². The molecule has 2 atom stereocenters. The summed E-state index contributed by atoms with van der Waals surface area (Å²) in [7, 11) is -4.51. The summed E-state index contributed by atoms with van der Waals surface area (Å²) in [4.78, 5) is 12.5. The molecule has 4 nitrogen and oxygen atoms in total. The van der Waals surface area contributed by atoms with Gasteiger partial charge in [0.2, 0.25) is 0 Å². The Morgan fingerprint density at radius 3 is 2.22 bits per heavy atom. The quantitative estimate of drug-likeness (QED) is 0.310. The zero-order valence-corrected chi connectivity index (χ0v) is 22.1. The molecule has 0 aliphatic heterocycles. The van der Waals surface area contributed by atoms with Crippen LogP contribution >= 0.6 is 39.1 Å². The first-order chi connectivity index (χ1) is 16.4. The smallest absolute Gasteiger partial charge is 0.349 e. The van der Waals surface area contributed by atoms with Crippen molar-refractivity contribution in [2.24, 2.45) is 0 Å². The van der Waals surface area contributed by atoms with Crippen LogP contribution in [-0.4, -0.2) is 44.2 Å². The van der Waals surface area contributed by atoms with E-state index in [1.54, 1.807) is 0 Å². The second kappa shape index (κ2) is 11.7. The lowest BCUT2D eigenvalue weighted by atomic mass is 9.97. The van der Waals surface area contributed by atoms with Crippen molar-refractivity contribution >= 4 is 61.0 Å². The maximum atomic E-state index is 13.6. The van der Waals surface area contributed by atoms with Crippen LogP contribution in [0.1, 0.15) is 34.3 Å². The zero-order valence-electron chi connectivity index (χ0n) is 18.2. The third-order valence-corrected chi connectivity index (χ3v) is 7.81. The maximum absolute atomic E-state index is 13.6. The molecule has 0 spiro atoms. The third kappa shape index (κ3) is 9.28. The first-order valence-corrected chi connectivity index (χ1v) is 13.3. The number of sulfone groups is 1. The summed E-state index contributed by atoms with van der Waals surface area (Å²) in [6, 6.07) is 6.43. The zero-order chi connectivity index (χ0) is 27.5. The highest BCUT2D eigenvalue weighted by molar-refractivity contribution is 9.10. The molecule has 0 saturated heterocycles. The molecule has 0 aliphatic carbocycles. The fraction of sp³-hybridized carbons (Fsp3) is 0.318. The van der Waals surface area contributed by atoms with Gasteiger partial charge in [-0.2, -0.15) is 26.3 Å².